The number of aryl methyl sites for hydroxylation is 2. The Morgan fingerprint density at radius 3 is 2.62 bits per heavy atom. The Hall–Kier alpha value is -2.63. The van der Waals surface area contributed by atoms with Gasteiger partial charge in [0.25, 0.3) is 5.91 Å². The molecule has 0 spiro atoms. The average molecular weight is 287 g/mol. The number of hydrogen-bond acceptors (Lipinski definition) is 3. The first kappa shape index (κ1) is 14.8. The summed E-state index contributed by atoms with van der Waals surface area (Å²) >= 11 is 0. The highest BCUT2D eigenvalue weighted by molar-refractivity contribution is 5.95. The van der Waals surface area contributed by atoms with Gasteiger partial charge in [-0.2, -0.15) is 5.10 Å². The van der Waals surface area contributed by atoms with E-state index in [1.807, 2.05) is 0 Å². The van der Waals surface area contributed by atoms with Crippen LogP contribution >= 0.6 is 0 Å². The lowest BCUT2D eigenvalue weighted by Gasteiger charge is -2.07. The lowest BCUT2D eigenvalue weighted by atomic mass is 10.0. The van der Waals surface area contributed by atoms with Gasteiger partial charge >= 0.3 is 5.97 Å². The molecule has 0 bridgehead atoms. The first-order valence-electron chi connectivity index (χ1n) is 6.58. The van der Waals surface area contributed by atoms with E-state index in [4.69, 9.17) is 5.11 Å². The van der Waals surface area contributed by atoms with E-state index in [0.717, 1.165) is 0 Å². The number of rotatable bonds is 5. The van der Waals surface area contributed by atoms with Crippen molar-refractivity contribution in [3.8, 4) is 0 Å². The molecule has 2 rings (SSSR count). The molecular formula is C15H17N3O3. The molecule has 0 fully saturated rings. The molecule has 21 heavy (non-hydrogen) atoms. The zero-order valence-corrected chi connectivity index (χ0v) is 12.0. The number of carboxylic acid groups (broad SMARTS) is 1. The summed E-state index contributed by atoms with van der Waals surface area (Å²) < 4.78 is 1.59. The number of carbonyl (C=O) groups is 2. The third-order valence-electron chi connectivity index (χ3n) is 3.19. The molecule has 1 aromatic carbocycles. The molecule has 1 aromatic heterocycles. The Balaban J connectivity index is 1.97. The topological polar surface area (TPSA) is 84.2 Å². The Morgan fingerprint density at radius 1 is 1.29 bits per heavy atom. The standard InChI is InChI=1S/C15H17N3O3/c1-10-13(9-18(2)17-10)14(19)16-8-7-11-5-3-4-6-12(11)15(20)21/h3-6,9H,7-8H2,1-2H3,(H,16,19)(H,20,21). The molecule has 0 radical (unpaired) electrons. The summed E-state index contributed by atoms with van der Waals surface area (Å²) in [6.07, 6.45) is 2.13. The van der Waals surface area contributed by atoms with Crippen molar-refractivity contribution in [3.05, 3.63) is 52.8 Å². The zero-order chi connectivity index (χ0) is 15.4. The first-order chi connectivity index (χ1) is 9.99. The number of amides is 1. The van der Waals surface area contributed by atoms with Crippen LogP contribution in [0.4, 0.5) is 0 Å². The zero-order valence-electron chi connectivity index (χ0n) is 12.0. The summed E-state index contributed by atoms with van der Waals surface area (Å²) in [7, 11) is 1.76. The maximum absolute atomic E-state index is 12.0. The van der Waals surface area contributed by atoms with Crippen molar-refractivity contribution in [1.82, 2.24) is 15.1 Å². The summed E-state index contributed by atoms with van der Waals surface area (Å²) in [4.78, 5) is 23.1. The third kappa shape index (κ3) is 3.47. The van der Waals surface area contributed by atoms with Crippen LogP contribution in [0.5, 0.6) is 0 Å². The molecular weight excluding hydrogens is 270 g/mol. The van der Waals surface area contributed by atoms with Gasteiger partial charge in [-0.1, -0.05) is 18.2 Å². The molecule has 0 saturated heterocycles. The van der Waals surface area contributed by atoms with E-state index in [9.17, 15) is 9.59 Å². The highest BCUT2D eigenvalue weighted by Gasteiger charge is 2.13. The lowest BCUT2D eigenvalue weighted by Crippen LogP contribution is -2.26. The average Bonchev–Trinajstić information content (AvgIpc) is 2.78. The molecule has 1 heterocycles. The third-order valence-corrected chi connectivity index (χ3v) is 3.19. The minimum Gasteiger partial charge on any atom is -0.478 e. The van der Waals surface area contributed by atoms with Gasteiger partial charge in [0.05, 0.1) is 16.8 Å². The second-order valence-electron chi connectivity index (χ2n) is 4.77. The van der Waals surface area contributed by atoms with Crippen LogP contribution in [0.25, 0.3) is 0 Å². The minimum atomic E-state index is -0.958. The van der Waals surface area contributed by atoms with Gasteiger partial charge in [-0.15, -0.1) is 0 Å². The van der Waals surface area contributed by atoms with Crippen LogP contribution in [0.2, 0.25) is 0 Å². The molecule has 0 atom stereocenters. The van der Waals surface area contributed by atoms with Gasteiger partial charge in [0.2, 0.25) is 0 Å². The normalized spacial score (nSPS) is 10.4. The van der Waals surface area contributed by atoms with Gasteiger partial charge in [0.15, 0.2) is 0 Å². The Morgan fingerprint density at radius 2 is 2.00 bits per heavy atom. The fourth-order valence-electron chi connectivity index (χ4n) is 2.18. The number of nitrogens with zero attached hydrogens (tertiary/aromatic N) is 2. The van der Waals surface area contributed by atoms with Crippen LogP contribution in [0.15, 0.2) is 30.5 Å². The van der Waals surface area contributed by atoms with E-state index >= 15 is 0 Å². The van der Waals surface area contributed by atoms with E-state index in [1.54, 1.807) is 49.1 Å². The fraction of sp³-hybridized carbons (Fsp3) is 0.267. The fourth-order valence-corrected chi connectivity index (χ4v) is 2.18. The quantitative estimate of drug-likeness (QED) is 0.870. The highest BCUT2D eigenvalue weighted by atomic mass is 16.4. The van der Waals surface area contributed by atoms with Crippen LogP contribution in [-0.4, -0.2) is 33.3 Å². The van der Waals surface area contributed by atoms with E-state index in [-0.39, 0.29) is 11.5 Å². The van der Waals surface area contributed by atoms with Crippen molar-refractivity contribution in [2.75, 3.05) is 6.54 Å². The van der Waals surface area contributed by atoms with Crippen LogP contribution < -0.4 is 5.32 Å². The molecule has 6 heteroatoms. The Bertz CT molecular complexity index is 677. The van der Waals surface area contributed by atoms with E-state index in [0.29, 0.717) is 29.8 Å². The summed E-state index contributed by atoms with van der Waals surface area (Å²) in [6, 6.07) is 6.79. The predicted molar refractivity (Wildman–Crippen MR) is 77.4 cm³/mol. The largest absolute Gasteiger partial charge is 0.478 e. The van der Waals surface area contributed by atoms with Gasteiger partial charge < -0.3 is 10.4 Å². The van der Waals surface area contributed by atoms with Gasteiger partial charge in [0, 0.05) is 19.8 Å². The van der Waals surface area contributed by atoms with Crippen LogP contribution in [0.1, 0.15) is 32.0 Å². The monoisotopic (exact) mass is 287 g/mol. The number of hydrogen-bond donors (Lipinski definition) is 2. The van der Waals surface area contributed by atoms with Gasteiger partial charge in [-0.3, -0.25) is 9.48 Å². The van der Waals surface area contributed by atoms with Crippen LogP contribution in [-0.2, 0) is 13.5 Å². The first-order valence-corrected chi connectivity index (χ1v) is 6.58. The summed E-state index contributed by atoms with van der Waals surface area (Å²) in [5, 5.41) is 16.0. The maximum atomic E-state index is 12.0. The second-order valence-corrected chi connectivity index (χ2v) is 4.77. The number of aromatic carboxylic acids is 1. The summed E-state index contributed by atoms with van der Waals surface area (Å²) in [6.45, 7) is 2.14. The van der Waals surface area contributed by atoms with Crippen LogP contribution in [0, 0.1) is 6.92 Å². The molecule has 0 aliphatic heterocycles. The van der Waals surface area contributed by atoms with Crippen molar-refractivity contribution >= 4 is 11.9 Å². The Labute approximate surface area is 122 Å². The van der Waals surface area contributed by atoms with E-state index in [2.05, 4.69) is 10.4 Å². The SMILES string of the molecule is Cc1nn(C)cc1C(=O)NCCc1ccccc1C(=O)O. The number of carboxylic acids is 1. The highest BCUT2D eigenvalue weighted by Crippen LogP contribution is 2.09. The number of aromatic nitrogens is 2. The van der Waals surface area contributed by atoms with Gasteiger partial charge in [-0.25, -0.2) is 4.79 Å². The van der Waals surface area contributed by atoms with Crippen molar-refractivity contribution < 1.29 is 14.7 Å². The molecule has 0 aliphatic carbocycles. The number of carbonyl (C=O) groups excluding carboxylic acids is 1. The van der Waals surface area contributed by atoms with E-state index in [1.165, 1.54) is 0 Å². The molecule has 2 aromatic rings. The number of benzene rings is 1. The molecule has 0 aliphatic rings. The van der Waals surface area contributed by atoms with E-state index < -0.39 is 5.97 Å². The van der Waals surface area contributed by atoms with Crippen molar-refractivity contribution in [2.24, 2.45) is 7.05 Å². The summed E-state index contributed by atoms with van der Waals surface area (Å²) in [5.41, 5.74) is 2.17. The summed E-state index contributed by atoms with van der Waals surface area (Å²) in [5.74, 6) is -1.16. The Kier molecular flexibility index (Phi) is 4.37. The van der Waals surface area contributed by atoms with Gasteiger partial charge in [-0.05, 0) is 25.0 Å². The lowest BCUT2D eigenvalue weighted by molar-refractivity contribution is 0.0695. The molecule has 2 N–H and O–H groups in total. The molecule has 0 saturated carbocycles. The predicted octanol–water partition coefficient (Wildman–Crippen LogP) is 1.40. The number of nitrogens with one attached hydrogen (secondary N) is 1. The second kappa shape index (κ2) is 6.21. The van der Waals surface area contributed by atoms with Gasteiger partial charge in [0.1, 0.15) is 0 Å². The maximum Gasteiger partial charge on any atom is 0.335 e. The molecule has 0 unspecified atom stereocenters. The molecule has 6 nitrogen and oxygen atoms in total. The smallest absolute Gasteiger partial charge is 0.335 e. The van der Waals surface area contributed by atoms with Crippen molar-refractivity contribution in [2.45, 2.75) is 13.3 Å². The van der Waals surface area contributed by atoms with Crippen molar-refractivity contribution in [1.29, 1.82) is 0 Å². The van der Waals surface area contributed by atoms with Crippen LogP contribution in [0.3, 0.4) is 0 Å². The molecule has 1 amide bonds. The molecule has 110 valence electrons. The van der Waals surface area contributed by atoms with Crippen molar-refractivity contribution in [3.63, 3.8) is 0 Å². The minimum absolute atomic E-state index is 0.201.